The molecule has 1 rings (SSSR count). The van der Waals surface area contributed by atoms with Gasteiger partial charge < -0.3 is 10.4 Å². The number of hydrogen-bond acceptors (Lipinski definition) is 3. The topological polar surface area (TPSA) is 45.1 Å². The van der Waals surface area contributed by atoms with Crippen molar-refractivity contribution in [3.8, 4) is 0 Å². The molecule has 0 aromatic carbocycles. The van der Waals surface area contributed by atoms with Crippen LogP contribution in [-0.4, -0.2) is 23.7 Å². The smallest absolute Gasteiger partial charge is 0.0602 e. The van der Waals surface area contributed by atoms with E-state index < -0.39 is 0 Å². The Hall–Kier alpha value is -0.930. The summed E-state index contributed by atoms with van der Waals surface area (Å²) in [7, 11) is 1.88. The van der Waals surface area contributed by atoms with E-state index in [9.17, 15) is 0 Å². The fraction of sp³-hybridized carbons (Fsp3) is 0.500. The molecule has 0 bridgehead atoms. The molecule has 0 radical (unpaired) electrons. The van der Waals surface area contributed by atoms with Crippen LogP contribution in [0.5, 0.6) is 0 Å². The summed E-state index contributed by atoms with van der Waals surface area (Å²) in [5.41, 5.74) is 0.738. The van der Waals surface area contributed by atoms with E-state index in [4.69, 9.17) is 5.11 Å². The van der Waals surface area contributed by atoms with Crippen molar-refractivity contribution < 1.29 is 5.11 Å². The Morgan fingerprint density at radius 1 is 1.54 bits per heavy atom. The van der Waals surface area contributed by atoms with Gasteiger partial charge in [0.2, 0.25) is 0 Å². The fourth-order valence-corrected chi connectivity index (χ4v) is 1.29. The highest BCUT2D eigenvalue weighted by Gasteiger charge is 2.24. The molecule has 1 aromatic heterocycles. The van der Waals surface area contributed by atoms with Gasteiger partial charge in [-0.25, -0.2) is 0 Å². The van der Waals surface area contributed by atoms with Crippen LogP contribution in [0.2, 0.25) is 0 Å². The number of nitrogens with one attached hydrogen (secondary N) is 1. The predicted octanol–water partition coefficient (Wildman–Crippen LogP) is 0.899. The quantitative estimate of drug-likeness (QED) is 0.723. The molecular weight excluding hydrogens is 164 g/mol. The Labute approximate surface area is 78.8 Å². The van der Waals surface area contributed by atoms with Crippen molar-refractivity contribution in [2.75, 3.05) is 13.7 Å². The molecule has 1 unspecified atom stereocenters. The SMILES string of the molecule is CNC(C)(CCO)c1ccccn1. The number of nitrogens with zero attached hydrogens (tertiary/aromatic N) is 1. The largest absolute Gasteiger partial charge is 0.396 e. The Bertz CT molecular complexity index is 250. The van der Waals surface area contributed by atoms with Gasteiger partial charge in [0, 0.05) is 12.8 Å². The van der Waals surface area contributed by atoms with Crippen LogP contribution in [0.3, 0.4) is 0 Å². The number of rotatable bonds is 4. The lowest BCUT2D eigenvalue weighted by Crippen LogP contribution is -2.38. The molecule has 0 fully saturated rings. The average Bonchev–Trinajstić information content (AvgIpc) is 2.19. The molecule has 72 valence electrons. The van der Waals surface area contributed by atoms with Crippen LogP contribution >= 0.6 is 0 Å². The van der Waals surface area contributed by atoms with Gasteiger partial charge in [-0.1, -0.05) is 6.07 Å². The van der Waals surface area contributed by atoms with E-state index in [2.05, 4.69) is 10.3 Å². The molecule has 0 amide bonds. The highest BCUT2D eigenvalue weighted by molar-refractivity contribution is 5.14. The number of aliphatic hydroxyl groups is 1. The van der Waals surface area contributed by atoms with Gasteiger partial charge in [-0.2, -0.15) is 0 Å². The summed E-state index contributed by atoms with van der Waals surface area (Å²) in [5, 5.41) is 12.1. The first-order valence-electron chi connectivity index (χ1n) is 4.44. The summed E-state index contributed by atoms with van der Waals surface area (Å²) in [6.45, 7) is 2.19. The predicted molar refractivity (Wildman–Crippen MR) is 52.4 cm³/mol. The standard InChI is InChI=1S/C10H16N2O/c1-10(11-2,6-8-13)9-5-3-4-7-12-9/h3-5,7,11,13H,6,8H2,1-2H3. The van der Waals surface area contributed by atoms with E-state index in [1.165, 1.54) is 0 Å². The Kier molecular flexibility index (Phi) is 3.39. The summed E-state index contributed by atoms with van der Waals surface area (Å²) in [6.07, 6.45) is 2.43. The van der Waals surface area contributed by atoms with Gasteiger partial charge in [-0.15, -0.1) is 0 Å². The normalized spacial score (nSPS) is 15.3. The lowest BCUT2D eigenvalue weighted by molar-refractivity contribution is 0.225. The van der Waals surface area contributed by atoms with Crippen molar-refractivity contribution in [1.29, 1.82) is 0 Å². The van der Waals surface area contributed by atoms with E-state index in [0.29, 0.717) is 6.42 Å². The van der Waals surface area contributed by atoms with Crippen LogP contribution < -0.4 is 5.32 Å². The van der Waals surface area contributed by atoms with E-state index in [0.717, 1.165) is 5.69 Å². The van der Waals surface area contributed by atoms with Gasteiger partial charge in [-0.05, 0) is 32.5 Å². The van der Waals surface area contributed by atoms with Crippen LogP contribution in [-0.2, 0) is 5.54 Å². The molecule has 0 saturated heterocycles. The van der Waals surface area contributed by atoms with E-state index >= 15 is 0 Å². The average molecular weight is 180 g/mol. The monoisotopic (exact) mass is 180 g/mol. The summed E-state index contributed by atoms with van der Waals surface area (Å²) < 4.78 is 0. The minimum absolute atomic E-state index is 0.161. The van der Waals surface area contributed by atoms with Gasteiger partial charge in [0.15, 0.2) is 0 Å². The summed E-state index contributed by atoms with van der Waals surface area (Å²) in [4.78, 5) is 4.27. The van der Waals surface area contributed by atoms with Crippen molar-refractivity contribution in [2.45, 2.75) is 18.9 Å². The Morgan fingerprint density at radius 2 is 2.31 bits per heavy atom. The van der Waals surface area contributed by atoms with Crippen molar-refractivity contribution in [2.24, 2.45) is 0 Å². The van der Waals surface area contributed by atoms with Crippen LogP contribution in [0.15, 0.2) is 24.4 Å². The zero-order chi connectivity index (χ0) is 9.73. The minimum atomic E-state index is -0.226. The molecule has 0 aliphatic rings. The lowest BCUT2D eigenvalue weighted by Gasteiger charge is -2.27. The maximum absolute atomic E-state index is 8.93. The van der Waals surface area contributed by atoms with E-state index in [1.54, 1.807) is 6.20 Å². The maximum Gasteiger partial charge on any atom is 0.0602 e. The molecule has 3 heteroatoms. The molecule has 0 aliphatic carbocycles. The third kappa shape index (κ3) is 2.26. The van der Waals surface area contributed by atoms with Gasteiger partial charge >= 0.3 is 0 Å². The molecule has 1 atom stereocenters. The third-order valence-corrected chi connectivity index (χ3v) is 2.39. The highest BCUT2D eigenvalue weighted by atomic mass is 16.3. The molecule has 1 aromatic rings. The number of pyridine rings is 1. The first-order valence-corrected chi connectivity index (χ1v) is 4.44. The summed E-state index contributed by atoms with van der Waals surface area (Å²) in [5.74, 6) is 0. The molecule has 3 nitrogen and oxygen atoms in total. The highest BCUT2D eigenvalue weighted by Crippen LogP contribution is 2.20. The van der Waals surface area contributed by atoms with Gasteiger partial charge in [0.05, 0.1) is 11.2 Å². The Balaban J connectivity index is 2.89. The second-order valence-electron chi connectivity index (χ2n) is 3.27. The molecule has 0 aliphatic heterocycles. The van der Waals surface area contributed by atoms with E-state index in [-0.39, 0.29) is 12.1 Å². The molecule has 2 N–H and O–H groups in total. The minimum Gasteiger partial charge on any atom is -0.396 e. The number of aliphatic hydroxyl groups excluding tert-OH is 1. The van der Waals surface area contributed by atoms with Crippen LogP contribution in [0, 0.1) is 0 Å². The molecule has 0 saturated carbocycles. The van der Waals surface area contributed by atoms with E-state index in [1.807, 2.05) is 32.2 Å². The second kappa shape index (κ2) is 4.35. The second-order valence-corrected chi connectivity index (χ2v) is 3.27. The summed E-state index contributed by atoms with van der Waals surface area (Å²) in [6, 6.07) is 5.81. The van der Waals surface area contributed by atoms with Crippen LogP contribution in [0.25, 0.3) is 0 Å². The van der Waals surface area contributed by atoms with Crippen LogP contribution in [0.4, 0.5) is 0 Å². The zero-order valence-electron chi connectivity index (χ0n) is 8.12. The number of aromatic nitrogens is 1. The van der Waals surface area contributed by atoms with Crippen molar-refractivity contribution in [1.82, 2.24) is 10.3 Å². The Morgan fingerprint density at radius 3 is 2.77 bits per heavy atom. The molecule has 13 heavy (non-hydrogen) atoms. The van der Waals surface area contributed by atoms with Gasteiger partial charge in [0.1, 0.15) is 0 Å². The third-order valence-electron chi connectivity index (χ3n) is 2.39. The molecule has 0 spiro atoms. The van der Waals surface area contributed by atoms with Crippen molar-refractivity contribution in [3.05, 3.63) is 30.1 Å². The van der Waals surface area contributed by atoms with Crippen molar-refractivity contribution in [3.63, 3.8) is 0 Å². The molecule has 1 heterocycles. The van der Waals surface area contributed by atoms with Crippen LogP contribution in [0.1, 0.15) is 19.0 Å². The first kappa shape index (κ1) is 10.2. The maximum atomic E-state index is 8.93. The number of hydrogen-bond donors (Lipinski definition) is 2. The van der Waals surface area contributed by atoms with Gasteiger partial charge in [0.25, 0.3) is 0 Å². The summed E-state index contributed by atoms with van der Waals surface area (Å²) >= 11 is 0. The fourth-order valence-electron chi connectivity index (χ4n) is 1.29. The molecular formula is C10H16N2O. The first-order chi connectivity index (χ1) is 6.23. The van der Waals surface area contributed by atoms with Gasteiger partial charge in [-0.3, -0.25) is 4.98 Å². The van der Waals surface area contributed by atoms with Crippen molar-refractivity contribution >= 4 is 0 Å². The zero-order valence-corrected chi connectivity index (χ0v) is 8.12. The lowest BCUT2D eigenvalue weighted by atomic mass is 9.94.